The number of nitrogens with zero attached hydrogens (tertiary/aromatic N) is 4. The topological polar surface area (TPSA) is 75.1 Å². The van der Waals surface area contributed by atoms with Gasteiger partial charge in [-0.05, 0) is 31.9 Å². The monoisotopic (exact) mass is 356 g/mol. The second kappa shape index (κ2) is 7.86. The number of piperidine rings is 1. The SMILES string of the molecule is CC(C)N(C)c1ccc(CN[C@@H]2CCC(=O)N[C@H]2c2cnn(C)c2)cn1. The molecule has 0 saturated carbocycles. The molecule has 0 spiro atoms. The largest absolute Gasteiger partial charge is 0.357 e. The van der Waals surface area contributed by atoms with Gasteiger partial charge in [0.1, 0.15) is 5.82 Å². The Morgan fingerprint density at radius 3 is 2.81 bits per heavy atom. The Kier molecular flexibility index (Phi) is 5.56. The van der Waals surface area contributed by atoms with Crippen molar-refractivity contribution in [3.05, 3.63) is 41.9 Å². The zero-order valence-electron chi connectivity index (χ0n) is 15.9. The van der Waals surface area contributed by atoms with Crippen molar-refractivity contribution >= 4 is 11.7 Å². The number of carbonyl (C=O) groups excluding carboxylic acids is 1. The molecule has 0 bridgehead atoms. The van der Waals surface area contributed by atoms with Gasteiger partial charge in [-0.2, -0.15) is 5.10 Å². The molecule has 2 atom stereocenters. The van der Waals surface area contributed by atoms with E-state index in [1.54, 1.807) is 4.68 Å². The van der Waals surface area contributed by atoms with Gasteiger partial charge in [-0.15, -0.1) is 0 Å². The maximum Gasteiger partial charge on any atom is 0.220 e. The van der Waals surface area contributed by atoms with Crippen LogP contribution in [0.3, 0.4) is 0 Å². The van der Waals surface area contributed by atoms with Gasteiger partial charge in [0, 0.05) is 57.1 Å². The predicted molar refractivity (Wildman–Crippen MR) is 102 cm³/mol. The Hall–Kier alpha value is -2.41. The molecular weight excluding hydrogens is 328 g/mol. The first-order valence-corrected chi connectivity index (χ1v) is 9.13. The summed E-state index contributed by atoms with van der Waals surface area (Å²) < 4.78 is 1.76. The zero-order chi connectivity index (χ0) is 18.7. The summed E-state index contributed by atoms with van der Waals surface area (Å²) in [5, 5.41) is 10.9. The lowest BCUT2D eigenvalue weighted by atomic mass is 9.93. The van der Waals surface area contributed by atoms with Gasteiger partial charge in [0.2, 0.25) is 5.91 Å². The van der Waals surface area contributed by atoms with Crippen LogP contribution in [-0.2, 0) is 18.4 Å². The number of aryl methyl sites for hydroxylation is 1. The van der Waals surface area contributed by atoms with Gasteiger partial charge in [0.05, 0.1) is 12.2 Å². The predicted octanol–water partition coefficient (Wildman–Crippen LogP) is 1.77. The molecule has 0 unspecified atom stereocenters. The highest BCUT2D eigenvalue weighted by Gasteiger charge is 2.30. The Morgan fingerprint density at radius 1 is 1.38 bits per heavy atom. The van der Waals surface area contributed by atoms with E-state index in [4.69, 9.17) is 0 Å². The van der Waals surface area contributed by atoms with Crippen molar-refractivity contribution in [2.45, 2.75) is 51.4 Å². The van der Waals surface area contributed by atoms with Crippen LogP contribution in [-0.4, -0.2) is 39.8 Å². The lowest BCUT2D eigenvalue weighted by molar-refractivity contribution is -0.123. The van der Waals surface area contributed by atoms with Crippen molar-refractivity contribution in [3.8, 4) is 0 Å². The summed E-state index contributed by atoms with van der Waals surface area (Å²) in [7, 11) is 3.94. The summed E-state index contributed by atoms with van der Waals surface area (Å²) in [4.78, 5) is 18.6. The fourth-order valence-electron chi connectivity index (χ4n) is 3.18. The molecule has 3 heterocycles. The molecule has 0 aliphatic carbocycles. The number of hydrogen-bond donors (Lipinski definition) is 2. The second-order valence-corrected chi connectivity index (χ2v) is 7.25. The van der Waals surface area contributed by atoms with Crippen molar-refractivity contribution in [2.24, 2.45) is 7.05 Å². The van der Waals surface area contributed by atoms with Crippen molar-refractivity contribution in [1.82, 2.24) is 25.4 Å². The van der Waals surface area contributed by atoms with E-state index in [9.17, 15) is 4.79 Å². The normalized spacial score (nSPS) is 20.3. The van der Waals surface area contributed by atoms with E-state index in [1.165, 1.54) is 0 Å². The molecule has 7 heteroatoms. The number of rotatable bonds is 6. The first-order chi connectivity index (χ1) is 12.4. The number of aromatic nitrogens is 3. The van der Waals surface area contributed by atoms with E-state index in [2.05, 4.69) is 51.6 Å². The molecule has 7 nitrogen and oxygen atoms in total. The lowest BCUT2D eigenvalue weighted by Crippen LogP contribution is -2.48. The molecule has 1 amide bonds. The maximum atomic E-state index is 11.8. The van der Waals surface area contributed by atoms with Gasteiger partial charge in [-0.25, -0.2) is 4.98 Å². The molecule has 2 aromatic heterocycles. The molecule has 2 aromatic rings. The third kappa shape index (κ3) is 4.22. The highest BCUT2D eigenvalue weighted by Crippen LogP contribution is 2.24. The number of anilines is 1. The van der Waals surface area contributed by atoms with Crippen molar-refractivity contribution in [2.75, 3.05) is 11.9 Å². The first-order valence-electron chi connectivity index (χ1n) is 9.13. The highest BCUT2D eigenvalue weighted by molar-refractivity contribution is 5.77. The number of amides is 1. The van der Waals surface area contributed by atoms with Crippen LogP contribution < -0.4 is 15.5 Å². The molecule has 140 valence electrons. The number of nitrogens with one attached hydrogen (secondary N) is 2. The molecule has 26 heavy (non-hydrogen) atoms. The molecule has 0 aromatic carbocycles. The second-order valence-electron chi connectivity index (χ2n) is 7.25. The maximum absolute atomic E-state index is 11.8. The Morgan fingerprint density at radius 2 is 2.19 bits per heavy atom. The highest BCUT2D eigenvalue weighted by atomic mass is 16.1. The summed E-state index contributed by atoms with van der Waals surface area (Å²) in [5.41, 5.74) is 2.16. The minimum atomic E-state index is -0.0516. The van der Waals surface area contributed by atoms with Gasteiger partial charge in [-0.1, -0.05) is 6.07 Å². The van der Waals surface area contributed by atoms with Crippen LogP contribution in [0.25, 0.3) is 0 Å². The van der Waals surface area contributed by atoms with Crippen LogP contribution in [0.1, 0.15) is 43.9 Å². The van der Waals surface area contributed by atoms with Gasteiger partial charge in [-0.3, -0.25) is 9.48 Å². The van der Waals surface area contributed by atoms with Crippen molar-refractivity contribution < 1.29 is 4.79 Å². The molecule has 1 aliphatic rings. The van der Waals surface area contributed by atoms with E-state index < -0.39 is 0 Å². The van der Waals surface area contributed by atoms with E-state index in [1.807, 2.05) is 32.7 Å². The van der Waals surface area contributed by atoms with Crippen LogP contribution in [0.4, 0.5) is 5.82 Å². The average Bonchev–Trinajstić information content (AvgIpc) is 3.06. The van der Waals surface area contributed by atoms with Gasteiger partial charge in [0.25, 0.3) is 0 Å². The fourth-order valence-corrected chi connectivity index (χ4v) is 3.18. The number of hydrogen-bond acceptors (Lipinski definition) is 5. The van der Waals surface area contributed by atoms with Crippen molar-refractivity contribution in [3.63, 3.8) is 0 Å². The molecule has 1 aliphatic heterocycles. The van der Waals surface area contributed by atoms with Crippen LogP contribution >= 0.6 is 0 Å². The summed E-state index contributed by atoms with van der Waals surface area (Å²) in [6.45, 7) is 5.01. The van der Waals surface area contributed by atoms with Gasteiger partial charge < -0.3 is 15.5 Å². The molecule has 1 fully saturated rings. The Bertz CT molecular complexity index is 739. The summed E-state index contributed by atoms with van der Waals surface area (Å²) in [6, 6.07) is 4.70. The molecule has 2 N–H and O–H groups in total. The molecule has 1 saturated heterocycles. The quantitative estimate of drug-likeness (QED) is 0.825. The minimum absolute atomic E-state index is 0.0516. The third-order valence-electron chi connectivity index (χ3n) is 5.00. The Labute approximate surface area is 154 Å². The third-order valence-corrected chi connectivity index (χ3v) is 5.00. The summed E-state index contributed by atoms with van der Waals surface area (Å²) >= 11 is 0. The zero-order valence-corrected chi connectivity index (χ0v) is 15.9. The van der Waals surface area contributed by atoms with Crippen LogP contribution in [0.15, 0.2) is 30.7 Å². The number of carbonyl (C=O) groups is 1. The lowest BCUT2D eigenvalue weighted by Gasteiger charge is -2.32. The van der Waals surface area contributed by atoms with Crippen molar-refractivity contribution in [1.29, 1.82) is 0 Å². The van der Waals surface area contributed by atoms with Crippen LogP contribution in [0, 0.1) is 0 Å². The minimum Gasteiger partial charge on any atom is -0.357 e. The fraction of sp³-hybridized carbons (Fsp3) is 0.526. The average molecular weight is 356 g/mol. The summed E-state index contributed by atoms with van der Waals surface area (Å²) in [5.74, 6) is 1.07. The number of pyridine rings is 1. The van der Waals surface area contributed by atoms with Gasteiger partial charge >= 0.3 is 0 Å². The Balaban J connectivity index is 1.64. The molecule has 0 radical (unpaired) electrons. The van der Waals surface area contributed by atoms with E-state index >= 15 is 0 Å². The first kappa shape index (κ1) is 18.4. The molecule has 3 rings (SSSR count). The van der Waals surface area contributed by atoms with E-state index in [0.29, 0.717) is 12.5 Å². The smallest absolute Gasteiger partial charge is 0.220 e. The summed E-state index contributed by atoms with van der Waals surface area (Å²) in [6.07, 6.45) is 7.06. The van der Waals surface area contributed by atoms with Crippen LogP contribution in [0.5, 0.6) is 0 Å². The molecular formula is C19H28N6O. The van der Waals surface area contributed by atoms with E-state index in [-0.39, 0.29) is 18.0 Å². The van der Waals surface area contributed by atoms with E-state index in [0.717, 1.165) is 29.9 Å². The van der Waals surface area contributed by atoms with Crippen LogP contribution in [0.2, 0.25) is 0 Å². The van der Waals surface area contributed by atoms with Gasteiger partial charge in [0.15, 0.2) is 0 Å². The standard InChI is InChI=1S/C19H28N6O/c1-13(2)25(4)17-7-5-14(10-21-17)9-20-16-6-8-18(26)23-19(16)15-11-22-24(3)12-15/h5,7,10-13,16,19-20H,6,8-9H2,1-4H3,(H,23,26)/t16-,19+/m1/s1.